The minimum atomic E-state index is -0.481. The molecule has 0 saturated carbocycles. The predicted molar refractivity (Wildman–Crippen MR) is 66.0 cm³/mol. The molecule has 0 fully saturated rings. The molecule has 0 aliphatic heterocycles. The number of aliphatic hydroxyl groups excluding tert-OH is 2. The van der Waals surface area contributed by atoms with E-state index in [1.165, 1.54) is 0 Å². The van der Waals surface area contributed by atoms with Crippen LogP contribution in [0, 0.1) is 0 Å². The van der Waals surface area contributed by atoms with Gasteiger partial charge in [-0.2, -0.15) is 0 Å². The third-order valence-corrected chi connectivity index (χ3v) is 1.42. The molecule has 0 aromatic rings. The van der Waals surface area contributed by atoms with Gasteiger partial charge in [-0.25, -0.2) is 0 Å². The first kappa shape index (κ1) is 19.4. The van der Waals surface area contributed by atoms with Gasteiger partial charge in [0.1, 0.15) is 0 Å². The summed E-state index contributed by atoms with van der Waals surface area (Å²) >= 11 is 0. The summed E-state index contributed by atoms with van der Waals surface area (Å²) in [5.74, 6) is -0.481. The van der Waals surface area contributed by atoms with Crippen LogP contribution >= 0.6 is 0 Å². The first-order valence-electron chi connectivity index (χ1n) is 5.55. The molecule has 0 unspecified atom stereocenters. The third-order valence-electron chi connectivity index (χ3n) is 1.42. The highest BCUT2D eigenvalue weighted by Crippen LogP contribution is 1.80. The van der Waals surface area contributed by atoms with E-state index in [9.17, 15) is 4.79 Å². The zero-order chi connectivity index (χ0) is 14.1. The van der Waals surface area contributed by atoms with Crippen LogP contribution in [-0.4, -0.2) is 69.0 Å². The van der Waals surface area contributed by atoms with Crippen molar-refractivity contribution in [3.8, 4) is 0 Å². The highest BCUT2D eigenvalue weighted by atomic mass is 16.5. The van der Waals surface area contributed by atoms with Crippen LogP contribution in [-0.2, 0) is 19.0 Å². The van der Waals surface area contributed by atoms with Crippen LogP contribution < -0.4 is 5.73 Å². The van der Waals surface area contributed by atoms with Crippen molar-refractivity contribution >= 4 is 5.91 Å². The van der Waals surface area contributed by atoms with Gasteiger partial charge in [-0.1, -0.05) is 6.58 Å². The zero-order valence-electron chi connectivity index (χ0n) is 10.5. The van der Waals surface area contributed by atoms with Crippen LogP contribution in [0.3, 0.4) is 0 Å². The monoisotopic (exact) mass is 265 g/mol. The smallest absolute Gasteiger partial charge is 0.240 e. The number of ether oxygens (including phenoxy) is 3. The van der Waals surface area contributed by atoms with Gasteiger partial charge in [-0.15, -0.1) is 0 Å². The van der Waals surface area contributed by atoms with Crippen molar-refractivity contribution in [2.24, 2.45) is 5.73 Å². The lowest BCUT2D eigenvalue weighted by Gasteiger charge is -2.04. The maximum absolute atomic E-state index is 9.47. The Morgan fingerprint density at radius 2 is 1.22 bits per heavy atom. The normalized spacial score (nSPS) is 9.44. The molecule has 18 heavy (non-hydrogen) atoms. The van der Waals surface area contributed by atoms with Gasteiger partial charge >= 0.3 is 0 Å². The number of nitrogens with two attached hydrogens (primary N) is 1. The molecule has 0 saturated heterocycles. The maximum atomic E-state index is 9.47. The summed E-state index contributed by atoms with van der Waals surface area (Å²) < 4.78 is 15.0. The van der Waals surface area contributed by atoms with E-state index in [2.05, 4.69) is 12.3 Å². The standard InChI is InChI=1S/C8H18O5.C3H5NO/c9-1-3-11-5-7-13-8-6-12-4-2-10;1-2-3(4)5/h9-10H,1-8H2;2H,1H2,(H2,4,5). The Bertz CT molecular complexity index is 178. The van der Waals surface area contributed by atoms with Crippen molar-refractivity contribution in [3.63, 3.8) is 0 Å². The van der Waals surface area contributed by atoms with E-state index in [1.807, 2.05) is 0 Å². The summed E-state index contributed by atoms with van der Waals surface area (Å²) in [5.41, 5.74) is 4.53. The summed E-state index contributed by atoms with van der Waals surface area (Å²) in [4.78, 5) is 9.47. The number of rotatable bonds is 11. The van der Waals surface area contributed by atoms with Crippen LogP contribution in [0.4, 0.5) is 0 Å². The molecule has 0 radical (unpaired) electrons. The minimum absolute atomic E-state index is 0.0413. The number of carbonyl (C=O) groups excluding carboxylic acids is 1. The van der Waals surface area contributed by atoms with Gasteiger partial charge in [0, 0.05) is 0 Å². The highest BCUT2D eigenvalue weighted by Gasteiger charge is 1.89. The molecule has 0 aliphatic rings. The van der Waals surface area contributed by atoms with E-state index in [1.54, 1.807) is 0 Å². The Morgan fingerprint density at radius 3 is 1.44 bits per heavy atom. The van der Waals surface area contributed by atoms with Crippen LogP contribution in [0.5, 0.6) is 0 Å². The molecule has 0 atom stereocenters. The van der Waals surface area contributed by atoms with Gasteiger partial charge in [-0.05, 0) is 6.08 Å². The number of hydrogen-bond donors (Lipinski definition) is 3. The maximum Gasteiger partial charge on any atom is 0.240 e. The van der Waals surface area contributed by atoms with Gasteiger partial charge in [0.25, 0.3) is 0 Å². The second-order valence-corrected chi connectivity index (χ2v) is 2.89. The van der Waals surface area contributed by atoms with Crippen molar-refractivity contribution in [2.75, 3.05) is 52.9 Å². The number of primary amides is 1. The summed E-state index contributed by atoms with van der Waals surface area (Å²) in [5, 5.41) is 16.7. The summed E-state index contributed by atoms with van der Waals surface area (Å²) in [6, 6.07) is 0. The summed E-state index contributed by atoms with van der Waals surface area (Å²) in [6.07, 6.45) is 1.06. The highest BCUT2D eigenvalue weighted by molar-refractivity contribution is 5.84. The van der Waals surface area contributed by atoms with Crippen LogP contribution in [0.25, 0.3) is 0 Å². The second-order valence-electron chi connectivity index (χ2n) is 2.89. The average Bonchev–Trinajstić information content (AvgIpc) is 2.37. The van der Waals surface area contributed by atoms with E-state index in [0.29, 0.717) is 39.6 Å². The average molecular weight is 265 g/mol. The van der Waals surface area contributed by atoms with E-state index in [4.69, 9.17) is 24.4 Å². The lowest BCUT2D eigenvalue weighted by atomic mass is 10.6. The van der Waals surface area contributed by atoms with E-state index < -0.39 is 5.91 Å². The molecule has 0 aromatic carbocycles. The molecule has 0 aromatic heterocycles. The molecule has 0 spiro atoms. The lowest BCUT2D eigenvalue weighted by Crippen LogP contribution is -2.11. The minimum Gasteiger partial charge on any atom is -0.394 e. The molecule has 0 bridgehead atoms. The fourth-order valence-electron chi connectivity index (χ4n) is 0.671. The molecule has 0 heterocycles. The number of amides is 1. The van der Waals surface area contributed by atoms with Gasteiger partial charge in [0.2, 0.25) is 5.91 Å². The van der Waals surface area contributed by atoms with Crippen LogP contribution in [0.2, 0.25) is 0 Å². The largest absolute Gasteiger partial charge is 0.394 e. The van der Waals surface area contributed by atoms with Gasteiger partial charge in [-0.3, -0.25) is 4.79 Å². The van der Waals surface area contributed by atoms with Gasteiger partial charge in [0.05, 0.1) is 52.9 Å². The fraction of sp³-hybridized carbons (Fsp3) is 0.727. The number of hydrogen-bond acceptors (Lipinski definition) is 6. The van der Waals surface area contributed by atoms with E-state index in [0.717, 1.165) is 6.08 Å². The number of carbonyl (C=O) groups is 1. The van der Waals surface area contributed by atoms with Crippen LogP contribution in [0.1, 0.15) is 0 Å². The Kier molecular flexibility index (Phi) is 19.8. The summed E-state index contributed by atoms with van der Waals surface area (Å²) in [7, 11) is 0. The second kappa shape index (κ2) is 18.4. The molecule has 7 nitrogen and oxygen atoms in total. The Balaban J connectivity index is 0. The first-order valence-corrected chi connectivity index (χ1v) is 5.55. The van der Waals surface area contributed by atoms with Crippen molar-refractivity contribution in [1.82, 2.24) is 0 Å². The SMILES string of the molecule is C=CC(N)=O.OCCOCCOCCOCCO. The van der Waals surface area contributed by atoms with Gasteiger partial charge in [0.15, 0.2) is 0 Å². The molecular weight excluding hydrogens is 242 g/mol. The molecular formula is C11H23NO6. The van der Waals surface area contributed by atoms with Crippen molar-refractivity contribution in [2.45, 2.75) is 0 Å². The summed E-state index contributed by atoms with van der Waals surface area (Å²) in [6.45, 7) is 5.85. The first-order chi connectivity index (χ1) is 8.68. The molecule has 4 N–H and O–H groups in total. The molecule has 1 amide bonds. The lowest BCUT2D eigenvalue weighted by molar-refractivity contribution is -0.113. The van der Waals surface area contributed by atoms with Crippen molar-refractivity contribution in [1.29, 1.82) is 0 Å². The third kappa shape index (κ3) is 24.3. The van der Waals surface area contributed by atoms with E-state index in [-0.39, 0.29) is 13.2 Å². The van der Waals surface area contributed by atoms with Gasteiger partial charge < -0.3 is 30.2 Å². The Hall–Kier alpha value is -0.990. The predicted octanol–water partition coefficient (Wildman–Crippen LogP) is -1.32. The van der Waals surface area contributed by atoms with Crippen molar-refractivity contribution in [3.05, 3.63) is 12.7 Å². The Morgan fingerprint density at radius 1 is 0.944 bits per heavy atom. The molecule has 7 heteroatoms. The fourth-order valence-corrected chi connectivity index (χ4v) is 0.671. The quantitative estimate of drug-likeness (QED) is 0.315. The molecule has 108 valence electrons. The van der Waals surface area contributed by atoms with Crippen molar-refractivity contribution < 1.29 is 29.2 Å². The topological polar surface area (TPSA) is 111 Å². The molecule has 0 aliphatic carbocycles. The zero-order valence-corrected chi connectivity index (χ0v) is 10.5. The van der Waals surface area contributed by atoms with E-state index >= 15 is 0 Å². The Labute approximate surface area is 107 Å². The number of aliphatic hydroxyl groups is 2. The molecule has 0 rings (SSSR count). The van der Waals surface area contributed by atoms with Crippen LogP contribution in [0.15, 0.2) is 12.7 Å².